The third kappa shape index (κ3) is 3.47. The molecule has 2 aromatic heterocycles. The Bertz CT molecular complexity index is 1470. The van der Waals surface area contributed by atoms with Gasteiger partial charge >= 0.3 is 6.18 Å². The highest BCUT2D eigenvalue weighted by Gasteiger charge is 2.31. The first-order chi connectivity index (χ1) is 15.8. The first-order valence-corrected chi connectivity index (χ1v) is 9.99. The highest BCUT2D eigenvalue weighted by molar-refractivity contribution is 6.07. The summed E-state index contributed by atoms with van der Waals surface area (Å²) in [4.78, 5) is 23.3. The number of halogens is 3. The maximum atomic E-state index is 13.0. The van der Waals surface area contributed by atoms with Crippen molar-refractivity contribution in [1.82, 2.24) is 19.7 Å². The summed E-state index contributed by atoms with van der Waals surface area (Å²) < 4.78 is 40.4. The van der Waals surface area contributed by atoms with E-state index in [2.05, 4.69) is 15.1 Å². The summed E-state index contributed by atoms with van der Waals surface area (Å²) in [7, 11) is 0. The van der Waals surface area contributed by atoms with Crippen LogP contribution in [-0.2, 0) is 12.7 Å². The van der Waals surface area contributed by atoms with Crippen LogP contribution >= 0.6 is 0 Å². The van der Waals surface area contributed by atoms with E-state index in [0.717, 1.165) is 17.7 Å². The second kappa shape index (κ2) is 7.41. The van der Waals surface area contributed by atoms with Crippen LogP contribution in [0.1, 0.15) is 27.2 Å². The molecule has 1 amide bonds. The van der Waals surface area contributed by atoms with Gasteiger partial charge in [-0.05, 0) is 48.9 Å². The highest BCUT2D eigenvalue weighted by atomic mass is 19.4. The molecule has 0 atom stereocenters. The van der Waals surface area contributed by atoms with Gasteiger partial charge in [-0.3, -0.25) is 9.48 Å². The molecule has 2 aromatic carbocycles. The fraction of sp³-hybridized carbons (Fsp3) is 0.174. The number of alkyl halides is 3. The maximum Gasteiger partial charge on any atom is 0.416 e. The van der Waals surface area contributed by atoms with Crippen molar-refractivity contribution in [3.63, 3.8) is 0 Å². The smallest absolute Gasteiger partial charge is 0.305 e. The third-order valence-corrected chi connectivity index (χ3v) is 5.60. The Hall–Kier alpha value is -4.26. The second-order valence-corrected chi connectivity index (χ2v) is 7.66. The Balaban J connectivity index is 1.47. The van der Waals surface area contributed by atoms with Crippen LogP contribution in [0, 0.1) is 18.3 Å². The third-order valence-electron chi connectivity index (χ3n) is 5.60. The summed E-state index contributed by atoms with van der Waals surface area (Å²) in [6.07, 6.45) is -1.67. The van der Waals surface area contributed by atoms with E-state index in [1.54, 1.807) is 17.0 Å². The van der Waals surface area contributed by atoms with Crippen LogP contribution in [0.4, 0.5) is 18.9 Å². The zero-order valence-corrected chi connectivity index (χ0v) is 17.3. The number of rotatable bonds is 2. The van der Waals surface area contributed by atoms with Gasteiger partial charge < -0.3 is 4.90 Å². The van der Waals surface area contributed by atoms with Crippen LogP contribution in [0.3, 0.4) is 0 Å². The number of carbonyl (C=O) groups excluding carboxylic acids is 1. The molecule has 0 bridgehead atoms. The topological polar surface area (TPSA) is 87.7 Å². The molecule has 0 spiro atoms. The lowest BCUT2D eigenvalue weighted by molar-refractivity contribution is -0.137. The van der Waals surface area contributed by atoms with Gasteiger partial charge in [-0.15, -0.1) is 0 Å². The second-order valence-electron chi connectivity index (χ2n) is 7.66. The van der Waals surface area contributed by atoms with E-state index in [4.69, 9.17) is 0 Å². The first kappa shape index (κ1) is 20.6. The lowest BCUT2D eigenvalue weighted by Gasteiger charge is -2.29. The number of aryl methyl sites for hydroxylation is 1. The number of hydrogen-bond donors (Lipinski definition) is 0. The maximum absolute atomic E-state index is 13.0. The van der Waals surface area contributed by atoms with E-state index in [-0.39, 0.29) is 17.2 Å². The summed E-state index contributed by atoms with van der Waals surface area (Å²) in [5, 5.41) is 13.7. The molecule has 3 heterocycles. The van der Waals surface area contributed by atoms with Crippen LogP contribution in [0.15, 0.2) is 48.8 Å². The van der Waals surface area contributed by atoms with Crippen molar-refractivity contribution in [1.29, 1.82) is 5.26 Å². The van der Waals surface area contributed by atoms with E-state index in [0.29, 0.717) is 41.1 Å². The van der Waals surface area contributed by atoms with Crippen LogP contribution in [0.2, 0.25) is 0 Å². The molecule has 0 aliphatic carbocycles. The van der Waals surface area contributed by atoms with Crippen LogP contribution in [0.5, 0.6) is 0 Å². The highest BCUT2D eigenvalue weighted by Crippen LogP contribution is 2.32. The van der Waals surface area contributed by atoms with E-state index in [1.165, 1.54) is 23.1 Å². The van der Waals surface area contributed by atoms with E-state index < -0.39 is 11.7 Å². The molecule has 1 aliphatic heterocycles. The molecule has 1 aliphatic rings. The molecule has 0 radical (unpaired) electrons. The normalized spacial score (nSPS) is 13.8. The van der Waals surface area contributed by atoms with Gasteiger partial charge in [0, 0.05) is 29.4 Å². The average molecular weight is 448 g/mol. The number of aromatic nitrogens is 4. The Kier molecular flexibility index (Phi) is 4.63. The van der Waals surface area contributed by atoms with Gasteiger partial charge in [0.05, 0.1) is 23.8 Å². The molecule has 0 saturated carbocycles. The number of anilines is 1. The van der Waals surface area contributed by atoms with Crippen molar-refractivity contribution in [3.8, 4) is 17.5 Å². The van der Waals surface area contributed by atoms with Crippen molar-refractivity contribution in [2.45, 2.75) is 19.6 Å². The lowest BCUT2D eigenvalue weighted by Crippen LogP contribution is -2.41. The quantitative estimate of drug-likeness (QED) is 0.455. The minimum absolute atomic E-state index is 0.234. The van der Waals surface area contributed by atoms with Crippen molar-refractivity contribution < 1.29 is 18.0 Å². The number of nitriles is 1. The summed E-state index contributed by atoms with van der Waals surface area (Å²) in [6, 6.07) is 10.7. The zero-order valence-electron chi connectivity index (χ0n) is 17.3. The predicted molar refractivity (Wildman–Crippen MR) is 113 cm³/mol. The predicted octanol–water partition coefficient (Wildman–Crippen LogP) is 4.35. The number of carbonyl (C=O) groups is 1. The minimum atomic E-state index is -4.43. The number of benzene rings is 2. The molecule has 5 rings (SSSR count). The largest absolute Gasteiger partial charge is 0.416 e. The van der Waals surface area contributed by atoms with Crippen molar-refractivity contribution in [3.05, 3.63) is 71.2 Å². The molecular weight excluding hydrogens is 433 g/mol. The number of nitrogens with zero attached hydrogens (tertiary/aromatic N) is 6. The van der Waals surface area contributed by atoms with Gasteiger partial charge in [0.2, 0.25) is 0 Å². The van der Waals surface area contributed by atoms with Gasteiger partial charge in [0.25, 0.3) is 5.91 Å². The van der Waals surface area contributed by atoms with Gasteiger partial charge in [-0.25, -0.2) is 9.97 Å². The molecule has 0 N–H and O–H groups in total. The van der Waals surface area contributed by atoms with Crippen molar-refractivity contribution in [2.24, 2.45) is 0 Å². The molecule has 0 unspecified atom stereocenters. The Morgan fingerprint density at radius 1 is 1.09 bits per heavy atom. The monoisotopic (exact) mass is 448 g/mol. The Morgan fingerprint density at radius 3 is 2.64 bits per heavy atom. The van der Waals surface area contributed by atoms with E-state index in [9.17, 15) is 23.2 Å². The summed E-state index contributed by atoms with van der Waals surface area (Å²) in [5.41, 5.74) is 2.31. The Morgan fingerprint density at radius 2 is 1.91 bits per heavy atom. The molecule has 33 heavy (non-hydrogen) atoms. The molecule has 164 valence electrons. The zero-order chi connectivity index (χ0) is 23.3. The number of hydrogen-bond acceptors (Lipinski definition) is 5. The summed E-state index contributed by atoms with van der Waals surface area (Å²) in [6.45, 7) is 2.73. The Labute approximate surface area is 185 Å². The van der Waals surface area contributed by atoms with Crippen molar-refractivity contribution in [2.75, 3.05) is 11.4 Å². The average Bonchev–Trinajstić information content (AvgIpc) is 3.22. The standard InChI is InChI=1S/C23H15F3N6O/c1-13-8-14(21-28-11-15-9-17(23(24,25)26)3-4-18(15)30-21)2-5-19(13)31-6-7-32-20(22(31)33)16(10-27)12-29-32/h2-5,8-9,11-12H,6-7H2,1H3. The van der Waals surface area contributed by atoms with Gasteiger partial charge in [-0.1, -0.05) is 0 Å². The minimum Gasteiger partial charge on any atom is -0.305 e. The summed E-state index contributed by atoms with van der Waals surface area (Å²) >= 11 is 0. The number of fused-ring (bicyclic) bond motifs is 2. The van der Waals surface area contributed by atoms with Gasteiger partial charge in [-0.2, -0.15) is 23.5 Å². The number of amides is 1. The molecule has 7 nitrogen and oxygen atoms in total. The van der Waals surface area contributed by atoms with Gasteiger partial charge in [0.1, 0.15) is 17.3 Å². The van der Waals surface area contributed by atoms with E-state index >= 15 is 0 Å². The fourth-order valence-corrected chi connectivity index (χ4v) is 3.96. The van der Waals surface area contributed by atoms with Crippen molar-refractivity contribution >= 4 is 22.5 Å². The van der Waals surface area contributed by atoms with E-state index in [1.807, 2.05) is 19.1 Å². The van der Waals surface area contributed by atoms with Crippen LogP contribution in [0.25, 0.3) is 22.3 Å². The van der Waals surface area contributed by atoms with Gasteiger partial charge in [0.15, 0.2) is 5.82 Å². The molecule has 0 saturated heterocycles. The fourth-order valence-electron chi connectivity index (χ4n) is 3.96. The molecule has 10 heteroatoms. The van der Waals surface area contributed by atoms with Crippen LogP contribution in [-0.4, -0.2) is 32.2 Å². The SMILES string of the molecule is Cc1cc(-c2ncc3cc(C(F)(F)F)ccc3n2)ccc1N1CCn2ncc(C#N)c2C1=O. The molecule has 0 fully saturated rings. The molecule has 4 aromatic rings. The first-order valence-electron chi connectivity index (χ1n) is 9.99. The lowest BCUT2D eigenvalue weighted by atomic mass is 10.1. The molecular formula is C23H15F3N6O. The van der Waals surface area contributed by atoms with Crippen LogP contribution < -0.4 is 4.90 Å². The summed E-state index contributed by atoms with van der Waals surface area (Å²) in [5.74, 6) is 0.0697.